The fraction of sp³-hybridized carbons (Fsp3) is 0.562. The van der Waals surface area contributed by atoms with E-state index in [0.29, 0.717) is 6.54 Å². The van der Waals surface area contributed by atoms with Gasteiger partial charge in [0.2, 0.25) is 5.91 Å². The lowest BCUT2D eigenvalue weighted by atomic mass is 10.1. The molecule has 0 spiro atoms. The molecule has 0 saturated heterocycles. The summed E-state index contributed by atoms with van der Waals surface area (Å²) in [7, 11) is 3.62. The molecule has 1 aliphatic heterocycles. The smallest absolute Gasteiger partial charge is 0.241 e. The summed E-state index contributed by atoms with van der Waals surface area (Å²) in [5, 5.41) is 10.1. The Morgan fingerprint density at radius 2 is 2.26 bits per heavy atom. The second-order valence-electron chi connectivity index (χ2n) is 6.01. The summed E-state index contributed by atoms with van der Waals surface area (Å²) >= 11 is 0. The Morgan fingerprint density at radius 3 is 2.96 bits per heavy atom. The van der Waals surface area contributed by atoms with Gasteiger partial charge in [-0.05, 0) is 19.9 Å². The summed E-state index contributed by atoms with van der Waals surface area (Å²) < 4.78 is 3.94. The topological polar surface area (TPSA) is 76.8 Å². The Bertz CT molecular complexity index is 650. The highest BCUT2D eigenvalue weighted by Gasteiger charge is 2.20. The third-order valence-corrected chi connectivity index (χ3v) is 4.25. The van der Waals surface area contributed by atoms with Crippen molar-refractivity contribution in [3.8, 4) is 0 Å². The molecule has 0 radical (unpaired) electrons. The number of carbonyl (C=O) groups excluding carboxylic acids is 1. The van der Waals surface area contributed by atoms with Gasteiger partial charge in [-0.1, -0.05) is 0 Å². The summed E-state index contributed by atoms with van der Waals surface area (Å²) in [4.78, 5) is 17.0. The van der Waals surface area contributed by atoms with E-state index < -0.39 is 0 Å². The van der Waals surface area contributed by atoms with Crippen LogP contribution >= 0.6 is 0 Å². The Balaban J connectivity index is 1.53. The molecule has 7 nitrogen and oxygen atoms in total. The molecule has 0 aromatic carbocycles. The second kappa shape index (κ2) is 6.95. The van der Waals surface area contributed by atoms with Crippen LogP contribution in [0.15, 0.2) is 18.6 Å². The molecule has 3 heterocycles. The molecule has 1 aliphatic rings. The summed E-state index contributed by atoms with van der Waals surface area (Å²) in [6.07, 6.45) is 9.97. The van der Waals surface area contributed by atoms with Crippen LogP contribution in [-0.4, -0.2) is 38.8 Å². The van der Waals surface area contributed by atoms with Crippen LogP contribution in [0.1, 0.15) is 36.0 Å². The Morgan fingerprint density at radius 1 is 1.39 bits per heavy atom. The zero-order chi connectivity index (χ0) is 16.2. The fourth-order valence-electron chi connectivity index (χ4n) is 3.05. The van der Waals surface area contributed by atoms with Gasteiger partial charge < -0.3 is 15.2 Å². The highest BCUT2D eigenvalue weighted by Crippen LogP contribution is 2.15. The van der Waals surface area contributed by atoms with E-state index >= 15 is 0 Å². The maximum atomic E-state index is 12.3. The standard InChI is InChI=1S/C16H24N6O/c1-17-15(12-9-19-21(2)10-12)16(23)18-7-6-13-11-22-8-4-3-5-14(22)20-13/h9-11,15,17H,3-8H2,1-2H3,(H,18,23). The highest BCUT2D eigenvalue weighted by atomic mass is 16.2. The van der Waals surface area contributed by atoms with E-state index in [-0.39, 0.29) is 11.9 Å². The monoisotopic (exact) mass is 316 g/mol. The van der Waals surface area contributed by atoms with Crippen LogP contribution in [0.4, 0.5) is 0 Å². The molecule has 1 unspecified atom stereocenters. The van der Waals surface area contributed by atoms with E-state index in [4.69, 9.17) is 0 Å². The van der Waals surface area contributed by atoms with Crippen LogP contribution in [0, 0.1) is 0 Å². The van der Waals surface area contributed by atoms with E-state index in [1.165, 1.54) is 18.7 Å². The lowest BCUT2D eigenvalue weighted by molar-refractivity contribution is -0.123. The summed E-state index contributed by atoms with van der Waals surface area (Å²) in [6.45, 7) is 1.66. The zero-order valence-corrected chi connectivity index (χ0v) is 13.7. The SMILES string of the molecule is CNC(C(=O)NCCc1cn2c(n1)CCCC2)c1cnn(C)c1. The van der Waals surface area contributed by atoms with E-state index in [2.05, 4.69) is 31.5 Å². The predicted molar refractivity (Wildman–Crippen MR) is 86.9 cm³/mol. The minimum absolute atomic E-state index is 0.0375. The molecule has 124 valence electrons. The predicted octanol–water partition coefficient (Wildman–Crippen LogP) is 0.572. The molecule has 0 saturated carbocycles. The van der Waals surface area contributed by atoms with Crippen LogP contribution < -0.4 is 10.6 Å². The van der Waals surface area contributed by atoms with Gasteiger partial charge in [-0.2, -0.15) is 5.10 Å². The van der Waals surface area contributed by atoms with Crippen molar-refractivity contribution in [3.05, 3.63) is 35.7 Å². The van der Waals surface area contributed by atoms with Gasteiger partial charge in [-0.3, -0.25) is 9.48 Å². The van der Waals surface area contributed by atoms with Crippen LogP contribution in [0.2, 0.25) is 0 Å². The first-order chi connectivity index (χ1) is 11.2. The number of carbonyl (C=O) groups is 1. The van der Waals surface area contributed by atoms with Gasteiger partial charge in [0, 0.05) is 50.9 Å². The highest BCUT2D eigenvalue weighted by molar-refractivity contribution is 5.83. The molecule has 1 atom stereocenters. The van der Waals surface area contributed by atoms with Gasteiger partial charge in [0.15, 0.2) is 0 Å². The molecule has 23 heavy (non-hydrogen) atoms. The molecule has 0 aliphatic carbocycles. The van der Waals surface area contributed by atoms with Crippen molar-refractivity contribution in [3.63, 3.8) is 0 Å². The molecular formula is C16H24N6O. The minimum Gasteiger partial charge on any atom is -0.354 e. The Hall–Kier alpha value is -2.15. The first-order valence-electron chi connectivity index (χ1n) is 8.16. The number of imidazole rings is 1. The molecule has 7 heteroatoms. The largest absolute Gasteiger partial charge is 0.354 e. The number of rotatable bonds is 6. The maximum absolute atomic E-state index is 12.3. The van der Waals surface area contributed by atoms with Crippen LogP contribution in [0.3, 0.4) is 0 Å². The molecule has 1 amide bonds. The van der Waals surface area contributed by atoms with Crippen molar-refractivity contribution in [2.75, 3.05) is 13.6 Å². The average Bonchev–Trinajstić information content (AvgIpc) is 3.14. The first-order valence-corrected chi connectivity index (χ1v) is 8.16. The number of aryl methyl sites for hydroxylation is 3. The van der Waals surface area contributed by atoms with Crippen molar-refractivity contribution >= 4 is 5.91 Å². The number of hydrogen-bond donors (Lipinski definition) is 2. The van der Waals surface area contributed by atoms with Crippen molar-refractivity contribution in [1.29, 1.82) is 0 Å². The van der Waals surface area contributed by atoms with Gasteiger partial charge in [0.25, 0.3) is 0 Å². The minimum atomic E-state index is -0.376. The van der Waals surface area contributed by atoms with Crippen molar-refractivity contribution in [2.45, 2.75) is 38.3 Å². The Labute approximate surface area is 136 Å². The lowest BCUT2D eigenvalue weighted by Crippen LogP contribution is -2.36. The summed E-state index contributed by atoms with van der Waals surface area (Å²) in [5.74, 6) is 1.14. The van der Waals surface area contributed by atoms with Gasteiger partial charge in [-0.25, -0.2) is 4.98 Å². The molecular weight excluding hydrogens is 292 g/mol. The maximum Gasteiger partial charge on any atom is 0.241 e. The molecule has 2 N–H and O–H groups in total. The first kappa shape index (κ1) is 15.7. The quantitative estimate of drug-likeness (QED) is 0.817. The zero-order valence-electron chi connectivity index (χ0n) is 13.7. The number of likely N-dealkylation sites (N-methyl/N-ethyl adjacent to an activating group) is 1. The molecule has 2 aromatic heterocycles. The van der Waals surface area contributed by atoms with Crippen LogP contribution in [0.25, 0.3) is 0 Å². The second-order valence-corrected chi connectivity index (χ2v) is 6.01. The number of fused-ring (bicyclic) bond motifs is 1. The lowest BCUT2D eigenvalue weighted by Gasteiger charge is -2.14. The van der Waals surface area contributed by atoms with Crippen LogP contribution in [-0.2, 0) is 31.2 Å². The van der Waals surface area contributed by atoms with Gasteiger partial charge in [0.1, 0.15) is 11.9 Å². The number of amides is 1. The van der Waals surface area contributed by atoms with Crippen LogP contribution in [0.5, 0.6) is 0 Å². The number of nitrogens with one attached hydrogen (secondary N) is 2. The van der Waals surface area contributed by atoms with Crippen molar-refractivity contribution in [2.24, 2.45) is 7.05 Å². The third kappa shape index (κ3) is 3.61. The van der Waals surface area contributed by atoms with E-state index in [1.54, 1.807) is 17.9 Å². The van der Waals surface area contributed by atoms with Gasteiger partial charge in [0.05, 0.1) is 11.9 Å². The molecule has 0 fully saturated rings. The van der Waals surface area contributed by atoms with Crippen molar-refractivity contribution in [1.82, 2.24) is 30.0 Å². The van der Waals surface area contributed by atoms with E-state index in [0.717, 1.165) is 30.6 Å². The van der Waals surface area contributed by atoms with E-state index in [1.807, 2.05) is 13.2 Å². The van der Waals surface area contributed by atoms with Crippen molar-refractivity contribution < 1.29 is 4.79 Å². The molecule has 3 rings (SSSR count). The molecule has 0 bridgehead atoms. The number of nitrogens with zero attached hydrogens (tertiary/aromatic N) is 4. The fourth-order valence-corrected chi connectivity index (χ4v) is 3.05. The summed E-state index contributed by atoms with van der Waals surface area (Å²) in [5.41, 5.74) is 1.93. The normalized spacial score (nSPS) is 15.2. The average molecular weight is 316 g/mol. The number of aromatic nitrogens is 4. The number of hydrogen-bond acceptors (Lipinski definition) is 4. The summed E-state index contributed by atoms with van der Waals surface area (Å²) in [6, 6.07) is -0.376. The van der Waals surface area contributed by atoms with Gasteiger partial charge in [-0.15, -0.1) is 0 Å². The third-order valence-electron chi connectivity index (χ3n) is 4.25. The van der Waals surface area contributed by atoms with E-state index in [9.17, 15) is 4.79 Å². The Kier molecular flexibility index (Phi) is 4.76. The molecule has 2 aromatic rings. The van der Waals surface area contributed by atoms with Gasteiger partial charge >= 0.3 is 0 Å².